The van der Waals surface area contributed by atoms with Crippen molar-refractivity contribution in [2.24, 2.45) is 0 Å². The lowest BCUT2D eigenvalue weighted by Gasteiger charge is -2.07. The van der Waals surface area contributed by atoms with Gasteiger partial charge in [0.05, 0.1) is 12.8 Å². The van der Waals surface area contributed by atoms with Gasteiger partial charge >= 0.3 is 0 Å². The summed E-state index contributed by atoms with van der Waals surface area (Å²) in [6.45, 7) is 0.878. The van der Waals surface area contributed by atoms with E-state index in [1.807, 2.05) is 0 Å². The molecule has 0 aliphatic carbocycles. The Bertz CT molecular complexity index is 310. The molecule has 2 rings (SSSR count). The minimum atomic E-state index is 0.309. The molecule has 12 heavy (non-hydrogen) atoms. The molecule has 1 aromatic rings. The highest BCUT2D eigenvalue weighted by molar-refractivity contribution is 5.68. The third-order valence-electron chi connectivity index (χ3n) is 2.14. The molecule has 0 bridgehead atoms. The number of phenols is 1. The number of phenolic OH excluding ortho intramolecular Hbond substituents is 1. The number of hydrogen-bond donors (Lipinski definition) is 2. The molecule has 0 amide bonds. The van der Waals surface area contributed by atoms with Crippen LogP contribution in [0.2, 0.25) is 0 Å². The molecule has 0 atom stereocenters. The summed E-state index contributed by atoms with van der Waals surface area (Å²) in [6, 6.07) is 3.44. The summed E-state index contributed by atoms with van der Waals surface area (Å²) in [4.78, 5) is 0. The summed E-state index contributed by atoms with van der Waals surface area (Å²) in [5.74, 6) is 1.16. The van der Waals surface area contributed by atoms with Gasteiger partial charge in [0.25, 0.3) is 0 Å². The fourth-order valence-corrected chi connectivity index (χ4v) is 1.57. The van der Waals surface area contributed by atoms with Crippen LogP contribution in [0.3, 0.4) is 0 Å². The molecule has 1 aliphatic heterocycles. The maximum absolute atomic E-state index is 9.43. The molecule has 0 radical (unpaired) electrons. The molecule has 0 spiro atoms. The van der Waals surface area contributed by atoms with Gasteiger partial charge in [0.1, 0.15) is 11.5 Å². The predicted molar refractivity (Wildman–Crippen MR) is 46.9 cm³/mol. The highest BCUT2D eigenvalue weighted by Gasteiger charge is 2.17. The largest absolute Gasteiger partial charge is 0.506 e. The SMILES string of the molecule is COc1ccc(O)c2c1CCN2. The first kappa shape index (κ1) is 7.28. The summed E-state index contributed by atoms with van der Waals surface area (Å²) in [6.07, 6.45) is 0.924. The van der Waals surface area contributed by atoms with Gasteiger partial charge in [0, 0.05) is 12.1 Å². The lowest BCUT2D eigenvalue weighted by molar-refractivity contribution is 0.409. The van der Waals surface area contributed by atoms with Crippen LogP contribution in [0.4, 0.5) is 5.69 Å². The summed E-state index contributed by atoms with van der Waals surface area (Å²) in [5.41, 5.74) is 1.91. The Morgan fingerprint density at radius 3 is 3.08 bits per heavy atom. The first-order chi connectivity index (χ1) is 5.83. The second-order valence-corrected chi connectivity index (χ2v) is 2.82. The van der Waals surface area contributed by atoms with Crippen molar-refractivity contribution in [3.8, 4) is 11.5 Å². The van der Waals surface area contributed by atoms with Crippen molar-refractivity contribution in [1.82, 2.24) is 0 Å². The van der Waals surface area contributed by atoms with E-state index in [-0.39, 0.29) is 0 Å². The Kier molecular flexibility index (Phi) is 1.57. The normalized spacial score (nSPS) is 13.8. The van der Waals surface area contributed by atoms with Gasteiger partial charge in [-0.3, -0.25) is 0 Å². The molecule has 1 aromatic carbocycles. The molecule has 1 aliphatic rings. The van der Waals surface area contributed by atoms with Gasteiger partial charge in [-0.1, -0.05) is 0 Å². The number of fused-ring (bicyclic) bond motifs is 1. The van der Waals surface area contributed by atoms with Crippen molar-refractivity contribution in [3.63, 3.8) is 0 Å². The third kappa shape index (κ3) is 0.897. The zero-order chi connectivity index (χ0) is 8.55. The predicted octanol–water partition coefficient (Wildman–Crippen LogP) is 1.37. The monoisotopic (exact) mass is 165 g/mol. The quantitative estimate of drug-likeness (QED) is 0.617. The van der Waals surface area contributed by atoms with E-state index in [9.17, 15) is 5.11 Å². The van der Waals surface area contributed by atoms with Gasteiger partial charge in [-0.15, -0.1) is 0 Å². The van der Waals surface area contributed by atoms with Crippen LogP contribution in [0, 0.1) is 0 Å². The lowest BCUT2D eigenvalue weighted by Crippen LogP contribution is -1.90. The molecule has 2 N–H and O–H groups in total. The number of nitrogens with one attached hydrogen (secondary N) is 1. The van der Waals surface area contributed by atoms with E-state index in [4.69, 9.17) is 4.74 Å². The van der Waals surface area contributed by atoms with E-state index in [0.717, 1.165) is 30.0 Å². The van der Waals surface area contributed by atoms with Gasteiger partial charge in [-0.25, -0.2) is 0 Å². The third-order valence-corrected chi connectivity index (χ3v) is 2.14. The summed E-state index contributed by atoms with van der Waals surface area (Å²) in [7, 11) is 1.64. The number of benzene rings is 1. The van der Waals surface area contributed by atoms with Crippen LogP contribution in [0.5, 0.6) is 11.5 Å². The minimum Gasteiger partial charge on any atom is -0.506 e. The number of methoxy groups -OCH3 is 1. The van der Waals surface area contributed by atoms with Crippen LogP contribution >= 0.6 is 0 Å². The van der Waals surface area contributed by atoms with Gasteiger partial charge in [0.2, 0.25) is 0 Å². The van der Waals surface area contributed by atoms with Gasteiger partial charge < -0.3 is 15.2 Å². The number of aromatic hydroxyl groups is 1. The Hall–Kier alpha value is -1.38. The smallest absolute Gasteiger partial charge is 0.139 e. The van der Waals surface area contributed by atoms with Crippen LogP contribution in [0.25, 0.3) is 0 Å². The molecule has 3 heteroatoms. The molecule has 0 aromatic heterocycles. The average molecular weight is 165 g/mol. The van der Waals surface area contributed by atoms with Crippen LogP contribution in [0.1, 0.15) is 5.56 Å². The molecule has 64 valence electrons. The van der Waals surface area contributed by atoms with Crippen molar-refractivity contribution >= 4 is 5.69 Å². The minimum absolute atomic E-state index is 0.309. The first-order valence-electron chi connectivity index (χ1n) is 3.95. The second kappa shape index (κ2) is 2.59. The molecule has 1 heterocycles. The van der Waals surface area contributed by atoms with E-state index in [1.165, 1.54) is 0 Å². The maximum Gasteiger partial charge on any atom is 0.139 e. The van der Waals surface area contributed by atoms with E-state index in [2.05, 4.69) is 5.32 Å². The second-order valence-electron chi connectivity index (χ2n) is 2.82. The summed E-state index contributed by atoms with van der Waals surface area (Å²) >= 11 is 0. The van der Waals surface area contributed by atoms with Crippen LogP contribution in [-0.2, 0) is 6.42 Å². The molecule has 0 saturated heterocycles. The van der Waals surface area contributed by atoms with Gasteiger partial charge in [-0.2, -0.15) is 0 Å². The van der Waals surface area contributed by atoms with Crippen molar-refractivity contribution < 1.29 is 9.84 Å². The highest BCUT2D eigenvalue weighted by Crippen LogP contribution is 2.37. The Labute approximate surface area is 71.0 Å². The molecule has 0 fully saturated rings. The number of anilines is 1. The Morgan fingerprint density at radius 1 is 1.50 bits per heavy atom. The van der Waals surface area contributed by atoms with Crippen molar-refractivity contribution in [2.75, 3.05) is 19.0 Å². The van der Waals surface area contributed by atoms with Crippen LogP contribution < -0.4 is 10.1 Å². The first-order valence-corrected chi connectivity index (χ1v) is 3.95. The average Bonchev–Trinajstić information content (AvgIpc) is 2.54. The summed E-state index contributed by atoms with van der Waals surface area (Å²) in [5, 5.41) is 12.5. The Morgan fingerprint density at radius 2 is 2.33 bits per heavy atom. The lowest BCUT2D eigenvalue weighted by atomic mass is 10.1. The number of hydrogen-bond acceptors (Lipinski definition) is 3. The van der Waals surface area contributed by atoms with Gasteiger partial charge in [-0.05, 0) is 18.6 Å². The van der Waals surface area contributed by atoms with E-state index < -0.39 is 0 Å². The molecular formula is C9H11NO2. The topological polar surface area (TPSA) is 41.5 Å². The molecule has 0 unspecified atom stereocenters. The maximum atomic E-state index is 9.43. The van der Waals surface area contributed by atoms with Crippen LogP contribution in [0.15, 0.2) is 12.1 Å². The zero-order valence-electron chi connectivity index (χ0n) is 6.92. The fourth-order valence-electron chi connectivity index (χ4n) is 1.57. The van der Waals surface area contributed by atoms with Crippen molar-refractivity contribution in [3.05, 3.63) is 17.7 Å². The van der Waals surface area contributed by atoms with Gasteiger partial charge in [0.15, 0.2) is 0 Å². The van der Waals surface area contributed by atoms with Crippen molar-refractivity contribution in [2.45, 2.75) is 6.42 Å². The standard InChI is InChI=1S/C9H11NO2/c1-12-8-3-2-7(11)9-6(8)4-5-10-9/h2-3,10-11H,4-5H2,1H3. The molecule has 0 saturated carbocycles. The highest BCUT2D eigenvalue weighted by atomic mass is 16.5. The number of rotatable bonds is 1. The molecule has 3 nitrogen and oxygen atoms in total. The number of ether oxygens (including phenoxy) is 1. The Balaban J connectivity index is 2.57. The van der Waals surface area contributed by atoms with E-state index in [0.29, 0.717) is 5.75 Å². The zero-order valence-corrected chi connectivity index (χ0v) is 6.92. The molecular weight excluding hydrogens is 154 g/mol. The fraction of sp³-hybridized carbons (Fsp3) is 0.333. The van der Waals surface area contributed by atoms with Crippen molar-refractivity contribution in [1.29, 1.82) is 0 Å². The van der Waals surface area contributed by atoms with E-state index >= 15 is 0 Å². The van der Waals surface area contributed by atoms with Crippen LogP contribution in [-0.4, -0.2) is 18.8 Å². The summed E-state index contributed by atoms with van der Waals surface area (Å²) < 4.78 is 5.16. The van der Waals surface area contributed by atoms with E-state index in [1.54, 1.807) is 19.2 Å².